The summed E-state index contributed by atoms with van der Waals surface area (Å²) in [5.41, 5.74) is 3.74. The maximum absolute atomic E-state index is 14.7. The summed E-state index contributed by atoms with van der Waals surface area (Å²) in [4.78, 5) is 23.1. The number of rotatable bonds is 9. The van der Waals surface area contributed by atoms with Gasteiger partial charge in [-0.2, -0.15) is 0 Å². The quantitative estimate of drug-likeness (QED) is 0.149. The Hall–Kier alpha value is -4.51. The molecule has 0 radical (unpaired) electrons. The van der Waals surface area contributed by atoms with E-state index in [9.17, 15) is 14.0 Å². The van der Waals surface area contributed by atoms with Crippen LogP contribution in [0.1, 0.15) is 34.7 Å². The van der Waals surface area contributed by atoms with E-state index in [1.807, 2.05) is 30.3 Å². The average molecular weight is 469 g/mol. The van der Waals surface area contributed by atoms with Crippen LogP contribution in [0.5, 0.6) is 5.75 Å². The summed E-state index contributed by atoms with van der Waals surface area (Å²) < 4.78 is 25.1. The molecule has 5 heteroatoms. The summed E-state index contributed by atoms with van der Waals surface area (Å²) in [6.45, 7) is 8.67. The Morgan fingerprint density at radius 1 is 0.886 bits per heavy atom. The van der Waals surface area contributed by atoms with Crippen LogP contribution in [0, 0.1) is 5.82 Å². The molecule has 0 amide bonds. The predicted octanol–water partition coefficient (Wildman–Crippen LogP) is 6.88. The third kappa shape index (κ3) is 7.51. The summed E-state index contributed by atoms with van der Waals surface area (Å²) in [6, 6.07) is 19.4. The smallest absolute Gasteiger partial charge is 0.338 e. The average Bonchev–Trinajstić information content (AvgIpc) is 2.86. The van der Waals surface area contributed by atoms with Gasteiger partial charge in [-0.25, -0.2) is 14.0 Å². The van der Waals surface area contributed by atoms with E-state index in [0.717, 1.165) is 17.2 Å². The second-order valence-electron chi connectivity index (χ2n) is 7.71. The van der Waals surface area contributed by atoms with Gasteiger partial charge in [0.05, 0.1) is 0 Å². The van der Waals surface area contributed by atoms with E-state index in [1.54, 1.807) is 61.6 Å². The number of para-hydroxylation sites is 1. The molecule has 0 aromatic heterocycles. The molecule has 0 unspecified atom stereocenters. The molecule has 0 bridgehead atoms. The first-order chi connectivity index (χ1) is 16.9. The van der Waals surface area contributed by atoms with E-state index >= 15 is 0 Å². The number of hydrogen-bond donors (Lipinski definition) is 0. The lowest BCUT2D eigenvalue weighted by Crippen LogP contribution is -2.08. The molecule has 3 aromatic carbocycles. The number of halogens is 1. The monoisotopic (exact) mass is 468 g/mol. The van der Waals surface area contributed by atoms with Crippen molar-refractivity contribution >= 4 is 36.2 Å². The van der Waals surface area contributed by atoms with Crippen LogP contribution in [0.25, 0.3) is 24.3 Å². The largest absolute Gasteiger partial charge is 0.458 e. The van der Waals surface area contributed by atoms with Gasteiger partial charge in [0.25, 0.3) is 0 Å². The van der Waals surface area contributed by atoms with Crippen molar-refractivity contribution in [3.8, 4) is 5.75 Å². The molecule has 0 saturated heterocycles. The zero-order valence-corrected chi connectivity index (χ0v) is 19.4. The first kappa shape index (κ1) is 25.1. The van der Waals surface area contributed by atoms with Gasteiger partial charge in [0.1, 0.15) is 18.2 Å². The lowest BCUT2D eigenvalue weighted by Gasteiger charge is -2.07. The topological polar surface area (TPSA) is 52.6 Å². The fourth-order valence-corrected chi connectivity index (χ4v) is 3.05. The Kier molecular flexibility index (Phi) is 8.68. The van der Waals surface area contributed by atoms with Crippen LogP contribution >= 0.6 is 0 Å². The molecule has 3 rings (SSSR count). The summed E-state index contributed by atoms with van der Waals surface area (Å²) in [5, 5.41) is 0. The molecule has 0 aliphatic heterocycles. The number of ether oxygens (including phenoxy) is 2. The van der Waals surface area contributed by atoms with Crippen LogP contribution < -0.4 is 4.74 Å². The van der Waals surface area contributed by atoms with Crippen molar-refractivity contribution in [2.75, 3.05) is 0 Å². The second kappa shape index (κ2) is 12.1. The maximum atomic E-state index is 14.7. The van der Waals surface area contributed by atoms with Gasteiger partial charge < -0.3 is 9.47 Å². The van der Waals surface area contributed by atoms with Gasteiger partial charge in [-0.05, 0) is 41.8 Å². The van der Waals surface area contributed by atoms with E-state index in [2.05, 4.69) is 13.2 Å². The summed E-state index contributed by atoms with van der Waals surface area (Å²) >= 11 is 0. The number of esters is 2. The highest BCUT2D eigenvalue weighted by Crippen LogP contribution is 2.23. The van der Waals surface area contributed by atoms with Gasteiger partial charge in [-0.1, -0.05) is 86.0 Å². The Labute approximate surface area is 204 Å². The zero-order valence-electron chi connectivity index (χ0n) is 19.4. The van der Waals surface area contributed by atoms with Crippen molar-refractivity contribution in [1.29, 1.82) is 0 Å². The van der Waals surface area contributed by atoms with Crippen molar-refractivity contribution in [2.45, 2.75) is 13.5 Å². The third-order valence-corrected chi connectivity index (χ3v) is 4.90. The highest BCUT2D eigenvalue weighted by molar-refractivity contribution is 5.89. The van der Waals surface area contributed by atoms with Crippen LogP contribution in [-0.2, 0) is 20.9 Å². The van der Waals surface area contributed by atoms with E-state index in [1.165, 1.54) is 6.07 Å². The Bertz CT molecular complexity index is 1320. The first-order valence-corrected chi connectivity index (χ1v) is 10.9. The number of carbonyl (C=O) groups excluding carboxylic acids is 2. The SMILES string of the molecule is C=CC(=O)OCc1cccc(/C=C/c2ccc(/C=C/c3ccccc3OC(=O)C(=C)C)cc2F)c1. The standard InChI is InChI=1S/C30H25FO4/c1-4-29(32)34-20-24-9-7-8-22(18-24)12-15-25-16-13-23(19-27(25)31)14-17-26-10-5-6-11-28(26)35-30(33)21(2)3/h4-19H,1-2,20H2,3H3/b15-12+,17-14+. The van der Waals surface area contributed by atoms with E-state index in [0.29, 0.717) is 28.0 Å². The Morgan fingerprint density at radius 3 is 2.31 bits per heavy atom. The molecule has 0 fully saturated rings. The number of benzene rings is 3. The van der Waals surface area contributed by atoms with Crippen molar-refractivity contribution in [1.82, 2.24) is 0 Å². The maximum Gasteiger partial charge on any atom is 0.338 e. The van der Waals surface area contributed by atoms with E-state index in [-0.39, 0.29) is 12.4 Å². The first-order valence-electron chi connectivity index (χ1n) is 10.9. The molecule has 0 aliphatic rings. The number of carbonyl (C=O) groups is 2. The lowest BCUT2D eigenvalue weighted by molar-refractivity contribution is -0.139. The molecule has 0 saturated carbocycles. The van der Waals surface area contributed by atoms with E-state index < -0.39 is 11.9 Å². The molecule has 176 valence electrons. The van der Waals surface area contributed by atoms with Gasteiger partial charge >= 0.3 is 11.9 Å². The fourth-order valence-electron chi connectivity index (χ4n) is 3.05. The van der Waals surface area contributed by atoms with Gasteiger partial charge in [0.2, 0.25) is 0 Å². The molecule has 0 heterocycles. The molecule has 3 aromatic rings. The van der Waals surface area contributed by atoms with E-state index in [4.69, 9.17) is 9.47 Å². The number of hydrogen-bond acceptors (Lipinski definition) is 4. The molecular formula is C30H25FO4. The minimum absolute atomic E-state index is 0.136. The fraction of sp³-hybridized carbons (Fsp3) is 0.0667. The molecule has 35 heavy (non-hydrogen) atoms. The van der Waals surface area contributed by atoms with Gasteiger partial charge in [0.15, 0.2) is 0 Å². The van der Waals surface area contributed by atoms with Crippen LogP contribution in [0.3, 0.4) is 0 Å². The van der Waals surface area contributed by atoms with Crippen molar-refractivity contribution in [3.05, 3.63) is 125 Å². The molecule has 0 N–H and O–H groups in total. The van der Waals surface area contributed by atoms with Crippen molar-refractivity contribution < 1.29 is 23.5 Å². The highest BCUT2D eigenvalue weighted by Gasteiger charge is 2.08. The normalized spacial score (nSPS) is 10.9. The van der Waals surface area contributed by atoms with Gasteiger partial charge in [0, 0.05) is 22.8 Å². The van der Waals surface area contributed by atoms with Crippen LogP contribution in [-0.4, -0.2) is 11.9 Å². The summed E-state index contributed by atoms with van der Waals surface area (Å²) in [6.07, 6.45) is 8.10. The molecule has 0 atom stereocenters. The molecule has 0 aliphatic carbocycles. The van der Waals surface area contributed by atoms with Crippen LogP contribution in [0.2, 0.25) is 0 Å². The molecule has 0 spiro atoms. The lowest BCUT2D eigenvalue weighted by atomic mass is 10.1. The minimum atomic E-state index is -0.503. The van der Waals surface area contributed by atoms with Gasteiger partial charge in [-0.3, -0.25) is 0 Å². The summed E-state index contributed by atoms with van der Waals surface area (Å²) in [7, 11) is 0. The minimum Gasteiger partial charge on any atom is -0.458 e. The van der Waals surface area contributed by atoms with Crippen LogP contribution in [0.4, 0.5) is 4.39 Å². The van der Waals surface area contributed by atoms with Crippen molar-refractivity contribution in [2.24, 2.45) is 0 Å². The third-order valence-electron chi connectivity index (χ3n) is 4.90. The Morgan fingerprint density at radius 2 is 1.60 bits per heavy atom. The molecular weight excluding hydrogens is 443 g/mol. The Balaban J connectivity index is 1.71. The second-order valence-corrected chi connectivity index (χ2v) is 7.71. The molecule has 4 nitrogen and oxygen atoms in total. The summed E-state index contributed by atoms with van der Waals surface area (Å²) in [5.74, 6) is -0.963. The zero-order chi connectivity index (χ0) is 25.2. The van der Waals surface area contributed by atoms with Gasteiger partial charge in [-0.15, -0.1) is 0 Å². The predicted molar refractivity (Wildman–Crippen MR) is 138 cm³/mol. The highest BCUT2D eigenvalue weighted by atomic mass is 19.1. The van der Waals surface area contributed by atoms with Crippen LogP contribution in [0.15, 0.2) is 91.5 Å². The van der Waals surface area contributed by atoms with Crippen molar-refractivity contribution in [3.63, 3.8) is 0 Å².